The fraction of sp³-hybridized carbons (Fsp3) is 0.636. The van der Waals surface area contributed by atoms with Crippen LogP contribution >= 0.6 is 11.8 Å². The highest BCUT2D eigenvalue weighted by molar-refractivity contribution is 8.00. The van der Waals surface area contributed by atoms with Crippen molar-refractivity contribution >= 4 is 11.8 Å². The lowest BCUT2D eigenvalue weighted by atomic mass is 10.0. The molecule has 4 nitrogen and oxygen atoms in total. The molecule has 0 bridgehead atoms. The van der Waals surface area contributed by atoms with Crippen molar-refractivity contribution in [2.75, 3.05) is 7.05 Å². The number of nitrogens with zero attached hydrogens (tertiary/aromatic N) is 3. The number of aromatic nitrogens is 2. The largest absolute Gasteiger partial charge is 0.302 e. The van der Waals surface area contributed by atoms with Crippen LogP contribution < -0.4 is 5.32 Å². The molecule has 0 aliphatic heterocycles. The molecule has 1 aromatic heterocycles. The molecule has 1 fully saturated rings. The zero-order chi connectivity index (χ0) is 11.6. The van der Waals surface area contributed by atoms with E-state index in [0.717, 1.165) is 19.3 Å². The van der Waals surface area contributed by atoms with Gasteiger partial charge in [0.25, 0.3) is 0 Å². The average Bonchev–Trinajstić information content (AvgIpc) is 2.87. The number of hydrogen-bond donors (Lipinski definition) is 1. The lowest BCUT2D eigenvalue weighted by molar-refractivity contribution is 0.464. The maximum atomic E-state index is 9.17. The number of rotatable bonds is 3. The predicted molar refractivity (Wildman–Crippen MR) is 64.1 cm³/mol. The van der Waals surface area contributed by atoms with Crippen LogP contribution in [0, 0.1) is 11.3 Å². The molecule has 16 heavy (non-hydrogen) atoms. The van der Waals surface area contributed by atoms with E-state index in [4.69, 9.17) is 5.26 Å². The normalized spacial score (nSPS) is 29.2. The Bertz CT molecular complexity index is 408. The minimum absolute atomic E-state index is 0.306. The van der Waals surface area contributed by atoms with Gasteiger partial charge in [-0.3, -0.25) is 4.68 Å². The Kier molecular flexibility index (Phi) is 3.22. The van der Waals surface area contributed by atoms with Crippen molar-refractivity contribution < 1.29 is 0 Å². The molecule has 5 heteroatoms. The van der Waals surface area contributed by atoms with E-state index in [1.54, 1.807) is 0 Å². The summed E-state index contributed by atoms with van der Waals surface area (Å²) in [6.45, 7) is 0. The first-order chi connectivity index (χ1) is 7.67. The summed E-state index contributed by atoms with van der Waals surface area (Å²) >= 11 is 1.83. The summed E-state index contributed by atoms with van der Waals surface area (Å²) in [5, 5.41) is 17.0. The minimum atomic E-state index is -0.306. The van der Waals surface area contributed by atoms with E-state index in [-0.39, 0.29) is 5.54 Å². The third kappa shape index (κ3) is 2.23. The Hall–Kier alpha value is -0.990. The van der Waals surface area contributed by atoms with Crippen LogP contribution in [0.4, 0.5) is 0 Å². The third-order valence-corrected chi connectivity index (χ3v) is 4.36. The van der Waals surface area contributed by atoms with Gasteiger partial charge in [0.1, 0.15) is 5.54 Å². The van der Waals surface area contributed by atoms with E-state index in [2.05, 4.69) is 16.5 Å². The van der Waals surface area contributed by atoms with Crippen molar-refractivity contribution in [1.29, 1.82) is 5.26 Å². The number of thioether (sulfide) groups is 1. The van der Waals surface area contributed by atoms with Gasteiger partial charge in [-0.25, -0.2) is 0 Å². The molecule has 1 saturated carbocycles. The molecule has 2 atom stereocenters. The Morgan fingerprint density at radius 2 is 2.56 bits per heavy atom. The summed E-state index contributed by atoms with van der Waals surface area (Å²) in [5.41, 5.74) is -0.306. The quantitative estimate of drug-likeness (QED) is 0.865. The topological polar surface area (TPSA) is 53.6 Å². The summed E-state index contributed by atoms with van der Waals surface area (Å²) in [6.07, 6.45) is 6.86. The van der Waals surface area contributed by atoms with Gasteiger partial charge in [0.2, 0.25) is 0 Å². The third-order valence-electron chi connectivity index (χ3n) is 3.15. The van der Waals surface area contributed by atoms with Crippen molar-refractivity contribution in [2.24, 2.45) is 7.05 Å². The SMILES string of the molecule is CNC1(C#N)CCC(Sc2cnn(C)c2)C1. The average molecular weight is 236 g/mol. The van der Waals surface area contributed by atoms with Crippen molar-refractivity contribution in [2.45, 2.75) is 34.9 Å². The highest BCUT2D eigenvalue weighted by Gasteiger charge is 2.38. The van der Waals surface area contributed by atoms with Gasteiger partial charge in [0.15, 0.2) is 0 Å². The van der Waals surface area contributed by atoms with E-state index >= 15 is 0 Å². The molecule has 1 aliphatic rings. The maximum Gasteiger partial charge on any atom is 0.107 e. The molecular weight excluding hydrogens is 220 g/mol. The Labute approximate surface area is 100 Å². The summed E-state index contributed by atoms with van der Waals surface area (Å²) in [5.74, 6) is 0. The molecule has 1 N–H and O–H groups in total. The molecule has 2 rings (SSSR count). The van der Waals surface area contributed by atoms with E-state index in [0.29, 0.717) is 5.25 Å². The lowest BCUT2D eigenvalue weighted by Crippen LogP contribution is -2.38. The van der Waals surface area contributed by atoms with Crippen LogP contribution in [0.5, 0.6) is 0 Å². The van der Waals surface area contributed by atoms with Crippen LogP contribution in [0.25, 0.3) is 0 Å². The van der Waals surface area contributed by atoms with Crippen LogP contribution in [-0.4, -0.2) is 27.6 Å². The van der Waals surface area contributed by atoms with Crippen molar-refractivity contribution in [3.8, 4) is 6.07 Å². The highest BCUT2D eigenvalue weighted by Crippen LogP contribution is 2.39. The highest BCUT2D eigenvalue weighted by atomic mass is 32.2. The monoisotopic (exact) mass is 236 g/mol. The zero-order valence-corrected chi connectivity index (χ0v) is 10.4. The fourth-order valence-electron chi connectivity index (χ4n) is 2.14. The fourth-order valence-corrected chi connectivity index (χ4v) is 3.45. The van der Waals surface area contributed by atoms with E-state index in [1.165, 1.54) is 4.90 Å². The van der Waals surface area contributed by atoms with Crippen molar-refractivity contribution in [3.63, 3.8) is 0 Å². The van der Waals surface area contributed by atoms with E-state index in [9.17, 15) is 0 Å². The number of nitrogens with one attached hydrogen (secondary N) is 1. The molecule has 1 aromatic rings. The van der Waals surface area contributed by atoms with E-state index in [1.807, 2.05) is 42.9 Å². The van der Waals surface area contributed by atoms with Crippen LogP contribution in [-0.2, 0) is 7.05 Å². The molecule has 0 saturated heterocycles. The second kappa shape index (κ2) is 4.48. The van der Waals surface area contributed by atoms with Crippen LogP contribution in [0.15, 0.2) is 17.3 Å². The van der Waals surface area contributed by atoms with Crippen LogP contribution in [0.1, 0.15) is 19.3 Å². The number of nitriles is 1. The van der Waals surface area contributed by atoms with Crippen LogP contribution in [0.2, 0.25) is 0 Å². The lowest BCUT2D eigenvalue weighted by Gasteiger charge is -2.19. The standard InChI is InChI=1S/C11H16N4S/c1-13-11(8-12)4-3-9(5-11)16-10-6-14-15(2)7-10/h6-7,9,13H,3-5H2,1-2H3. The molecule has 0 radical (unpaired) electrons. The zero-order valence-electron chi connectivity index (χ0n) is 9.60. The van der Waals surface area contributed by atoms with Gasteiger partial charge in [-0.15, -0.1) is 11.8 Å². The first kappa shape index (κ1) is 11.5. The smallest absolute Gasteiger partial charge is 0.107 e. The summed E-state index contributed by atoms with van der Waals surface area (Å²) in [4.78, 5) is 1.19. The summed E-state index contributed by atoms with van der Waals surface area (Å²) in [6, 6.07) is 2.40. The van der Waals surface area contributed by atoms with Gasteiger partial charge in [-0.1, -0.05) is 0 Å². The first-order valence-corrected chi connectivity index (χ1v) is 6.31. The molecule has 0 amide bonds. The summed E-state index contributed by atoms with van der Waals surface area (Å²) in [7, 11) is 3.80. The first-order valence-electron chi connectivity index (χ1n) is 5.43. The van der Waals surface area contributed by atoms with Gasteiger partial charge in [-0.2, -0.15) is 10.4 Å². The maximum absolute atomic E-state index is 9.17. The molecule has 1 heterocycles. The molecule has 0 spiro atoms. The van der Waals surface area contributed by atoms with Gasteiger partial charge >= 0.3 is 0 Å². The van der Waals surface area contributed by atoms with Crippen LogP contribution in [0.3, 0.4) is 0 Å². The van der Waals surface area contributed by atoms with Gasteiger partial charge < -0.3 is 5.32 Å². The second-order valence-corrected chi connectivity index (χ2v) is 5.65. The Morgan fingerprint density at radius 3 is 3.06 bits per heavy atom. The summed E-state index contributed by atoms with van der Waals surface area (Å²) < 4.78 is 1.81. The van der Waals surface area contributed by atoms with Gasteiger partial charge in [0.05, 0.1) is 12.3 Å². The molecule has 1 aliphatic carbocycles. The molecule has 0 aromatic carbocycles. The van der Waals surface area contributed by atoms with Gasteiger partial charge in [0, 0.05) is 23.4 Å². The second-order valence-electron chi connectivity index (χ2n) is 4.28. The van der Waals surface area contributed by atoms with E-state index < -0.39 is 0 Å². The Balaban J connectivity index is 1.97. The van der Waals surface area contributed by atoms with Crippen molar-refractivity contribution in [3.05, 3.63) is 12.4 Å². The van der Waals surface area contributed by atoms with Crippen molar-refractivity contribution in [1.82, 2.24) is 15.1 Å². The molecular formula is C11H16N4S. The predicted octanol–water partition coefficient (Wildman–Crippen LogP) is 1.55. The Morgan fingerprint density at radius 1 is 1.75 bits per heavy atom. The minimum Gasteiger partial charge on any atom is -0.302 e. The molecule has 86 valence electrons. The number of hydrogen-bond acceptors (Lipinski definition) is 4. The molecule has 2 unspecified atom stereocenters. The number of aryl methyl sites for hydroxylation is 1. The van der Waals surface area contributed by atoms with Gasteiger partial charge in [-0.05, 0) is 26.3 Å².